The van der Waals surface area contributed by atoms with Crippen molar-refractivity contribution >= 4 is 11.3 Å². The van der Waals surface area contributed by atoms with Crippen LogP contribution in [-0.4, -0.2) is 4.98 Å². The van der Waals surface area contributed by atoms with Crippen molar-refractivity contribution in [2.45, 2.75) is 12.6 Å². The number of nitrogens with zero attached hydrogens (tertiary/aromatic N) is 2. The van der Waals surface area contributed by atoms with Crippen LogP contribution in [0.1, 0.15) is 10.4 Å². The van der Waals surface area contributed by atoms with Crippen molar-refractivity contribution < 1.29 is 13.2 Å². The maximum absolute atomic E-state index is 12.4. The molecule has 2 rings (SSSR count). The molecule has 2 aromatic rings. The molecule has 6 heteroatoms. The van der Waals surface area contributed by atoms with E-state index in [1.165, 1.54) is 23.5 Å². The number of rotatable bonds is 2. The Morgan fingerprint density at radius 3 is 2.44 bits per heavy atom. The van der Waals surface area contributed by atoms with Crippen molar-refractivity contribution in [1.82, 2.24) is 4.98 Å². The largest absolute Gasteiger partial charge is 0.416 e. The molecule has 0 spiro atoms. The van der Waals surface area contributed by atoms with Gasteiger partial charge in [0.1, 0.15) is 5.01 Å². The first-order valence-corrected chi connectivity index (χ1v) is 5.81. The van der Waals surface area contributed by atoms with Gasteiger partial charge >= 0.3 is 6.18 Å². The van der Waals surface area contributed by atoms with Crippen molar-refractivity contribution in [3.05, 3.63) is 40.9 Å². The molecule has 0 unspecified atom stereocenters. The van der Waals surface area contributed by atoms with E-state index in [-0.39, 0.29) is 6.42 Å². The van der Waals surface area contributed by atoms with E-state index in [0.29, 0.717) is 10.6 Å². The van der Waals surface area contributed by atoms with Gasteiger partial charge in [-0.15, -0.1) is 11.3 Å². The van der Waals surface area contributed by atoms with Gasteiger partial charge < -0.3 is 0 Å². The van der Waals surface area contributed by atoms with Gasteiger partial charge in [-0.2, -0.15) is 18.4 Å². The Morgan fingerprint density at radius 1 is 1.22 bits per heavy atom. The first-order valence-electron chi connectivity index (χ1n) is 5.00. The van der Waals surface area contributed by atoms with Crippen molar-refractivity contribution in [3.63, 3.8) is 0 Å². The Kier molecular flexibility index (Phi) is 3.34. The molecule has 0 bridgehead atoms. The number of alkyl halides is 3. The van der Waals surface area contributed by atoms with Gasteiger partial charge in [0, 0.05) is 16.6 Å². The zero-order valence-electron chi connectivity index (χ0n) is 9.03. The van der Waals surface area contributed by atoms with E-state index in [1.54, 1.807) is 6.20 Å². The van der Waals surface area contributed by atoms with Gasteiger partial charge in [0.25, 0.3) is 0 Å². The smallest absolute Gasteiger partial charge is 0.244 e. The molecule has 1 aromatic heterocycles. The number of halogens is 3. The average molecular weight is 268 g/mol. The zero-order valence-corrected chi connectivity index (χ0v) is 9.85. The predicted octanol–water partition coefficient (Wildman–Crippen LogP) is 3.89. The Balaban J connectivity index is 2.26. The monoisotopic (exact) mass is 268 g/mol. The fraction of sp³-hybridized carbons (Fsp3) is 0.167. The lowest BCUT2D eigenvalue weighted by atomic mass is 10.1. The third-order valence-corrected chi connectivity index (χ3v) is 3.31. The lowest BCUT2D eigenvalue weighted by Crippen LogP contribution is -2.03. The fourth-order valence-electron chi connectivity index (χ4n) is 1.40. The van der Waals surface area contributed by atoms with Crippen LogP contribution in [0.25, 0.3) is 10.6 Å². The first-order chi connectivity index (χ1) is 8.50. The van der Waals surface area contributed by atoms with Gasteiger partial charge in [-0.3, -0.25) is 0 Å². The van der Waals surface area contributed by atoms with Crippen LogP contribution in [0.3, 0.4) is 0 Å². The van der Waals surface area contributed by atoms with Crippen LogP contribution >= 0.6 is 11.3 Å². The average Bonchev–Trinajstić information content (AvgIpc) is 2.77. The first kappa shape index (κ1) is 12.6. The van der Waals surface area contributed by atoms with Crippen LogP contribution in [0.2, 0.25) is 0 Å². The molecule has 0 aliphatic rings. The van der Waals surface area contributed by atoms with Gasteiger partial charge in [0.2, 0.25) is 0 Å². The van der Waals surface area contributed by atoms with E-state index in [2.05, 4.69) is 4.98 Å². The molecular formula is C12H7F3N2S. The molecule has 0 aliphatic heterocycles. The molecule has 0 aliphatic carbocycles. The molecule has 18 heavy (non-hydrogen) atoms. The Morgan fingerprint density at radius 2 is 1.89 bits per heavy atom. The summed E-state index contributed by atoms with van der Waals surface area (Å²) >= 11 is 1.31. The van der Waals surface area contributed by atoms with Gasteiger partial charge in [0.05, 0.1) is 18.1 Å². The van der Waals surface area contributed by atoms with Crippen LogP contribution < -0.4 is 0 Å². The highest BCUT2D eigenvalue weighted by atomic mass is 32.1. The van der Waals surface area contributed by atoms with E-state index >= 15 is 0 Å². The minimum atomic E-state index is -4.33. The van der Waals surface area contributed by atoms with Crippen molar-refractivity contribution in [2.75, 3.05) is 0 Å². The Labute approximate surface area is 105 Å². The summed E-state index contributed by atoms with van der Waals surface area (Å²) in [6, 6.07) is 6.83. The number of hydrogen-bond donors (Lipinski definition) is 0. The molecule has 0 N–H and O–H groups in total. The zero-order chi connectivity index (χ0) is 13.2. The lowest BCUT2D eigenvalue weighted by molar-refractivity contribution is -0.137. The quantitative estimate of drug-likeness (QED) is 0.828. The molecule has 1 heterocycles. The summed E-state index contributed by atoms with van der Waals surface area (Å²) in [6.07, 6.45) is -2.49. The van der Waals surface area contributed by atoms with E-state index in [4.69, 9.17) is 5.26 Å². The summed E-state index contributed by atoms with van der Waals surface area (Å²) in [5, 5.41) is 9.15. The second kappa shape index (κ2) is 4.78. The Bertz CT molecular complexity index is 579. The second-order valence-corrected chi connectivity index (χ2v) is 4.66. The molecule has 2 nitrogen and oxygen atoms in total. The number of hydrogen-bond acceptors (Lipinski definition) is 3. The minimum Gasteiger partial charge on any atom is -0.244 e. The number of thiazole rings is 1. The van der Waals surface area contributed by atoms with Crippen LogP contribution in [-0.2, 0) is 12.6 Å². The Hall–Kier alpha value is -1.87. The van der Waals surface area contributed by atoms with Crippen LogP contribution in [0.4, 0.5) is 13.2 Å². The minimum absolute atomic E-state index is 0.262. The number of nitriles is 1. The lowest BCUT2D eigenvalue weighted by Gasteiger charge is -2.06. The van der Waals surface area contributed by atoms with E-state index in [0.717, 1.165) is 17.0 Å². The maximum atomic E-state index is 12.4. The normalized spacial score (nSPS) is 11.2. The molecule has 0 saturated heterocycles. The summed E-state index contributed by atoms with van der Waals surface area (Å²) in [7, 11) is 0. The number of aromatic nitrogens is 1. The van der Waals surface area contributed by atoms with E-state index < -0.39 is 11.7 Å². The summed E-state index contributed by atoms with van der Waals surface area (Å²) in [5.74, 6) is 0. The third kappa shape index (κ3) is 2.68. The topological polar surface area (TPSA) is 36.7 Å². The van der Waals surface area contributed by atoms with Gasteiger partial charge in [0.15, 0.2) is 0 Å². The molecule has 0 saturated carbocycles. The maximum Gasteiger partial charge on any atom is 0.416 e. The van der Waals surface area contributed by atoms with Crippen molar-refractivity contribution in [1.29, 1.82) is 5.26 Å². The summed E-state index contributed by atoms with van der Waals surface area (Å²) < 4.78 is 37.1. The van der Waals surface area contributed by atoms with E-state index in [1.807, 2.05) is 6.07 Å². The summed E-state index contributed by atoms with van der Waals surface area (Å²) in [6.45, 7) is 0. The molecule has 1 aromatic carbocycles. The SMILES string of the molecule is N#CCc1cnc(-c2ccc(C(F)(F)F)cc2)s1. The molecular weight excluding hydrogens is 261 g/mol. The predicted molar refractivity (Wildman–Crippen MR) is 61.9 cm³/mol. The number of benzene rings is 1. The molecule has 0 radical (unpaired) electrons. The third-order valence-electron chi connectivity index (χ3n) is 2.27. The molecule has 92 valence electrons. The van der Waals surface area contributed by atoms with Crippen LogP contribution in [0.15, 0.2) is 30.5 Å². The van der Waals surface area contributed by atoms with Gasteiger partial charge in [-0.05, 0) is 12.1 Å². The van der Waals surface area contributed by atoms with E-state index in [9.17, 15) is 13.2 Å². The van der Waals surface area contributed by atoms with Gasteiger partial charge in [-0.1, -0.05) is 12.1 Å². The van der Waals surface area contributed by atoms with Crippen LogP contribution in [0.5, 0.6) is 0 Å². The van der Waals surface area contributed by atoms with Crippen molar-refractivity contribution in [2.24, 2.45) is 0 Å². The fourth-order valence-corrected chi connectivity index (χ4v) is 2.25. The van der Waals surface area contributed by atoms with Gasteiger partial charge in [-0.25, -0.2) is 4.98 Å². The molecule has 0 amide bonds. The summed E-state index contributed by atoms with van der Waals surface area (Å²) in [5.41, 5.74) is -0.0581. The second-order valence-electron chi connectivity index (χ2n) is 3.54. The molecule has 0 atom stereocenters. The molecule has 0 fully saturated rings. The van der Waals surface area contributed by atoms with Crippen molar-refractivity contribution in [3.8, 4) is 16.6 Å². The summed E-state index contributed by atoms with van der Waals surface area (Å²) in [4.78, 5) is 4.88. The highest BCUT2D eigenvalue weighted by molar-refractivity contribution is 7.15. The highest BCUT2D eigenvalue weighted by Crippen LogP contribution is 2.32. The highest BCUT2D eigenvalue weighted by Gasteiger charge is 2.30. The standard InChI is InChI=1S/C12H7F3N2S/c13-12(14,15)9-3-1-8(2-4-9)11-17-7-10(18-11)5-6-16/h1-4,7H,5H2. The van der Waals surface area contributed by atoms with Crippen LogP contribution in [0, 0.1) is 11.3 Å².